The molecule has 126 valence electrons. The Bertz CT molecular complexity index is 877. The van der Waals surface area contributed by atoms with E-state index in [2.05, 4.69) is 36.0 Å². The van der Waals surface area contributed by atoms with E-state index in [9.17, 15) is 0 Å². The Morgan fingerprint density at radius 1 is 1.25 bits per heavy atom. The van der Waals surface area contributed by atoms with Gasteiger partial charge in [0.1, 0.15) is 0 Å². The molecular weight excluding hydrogens is 360 g/mol. The molecule has 2 heterocycles. The van der Waals surface area contributed by atoms with Gasteiger partial charge in [-0.15, -0.1) is 5.10 Å². The van der Waals surface area contributed by atoms with Crippen molar-refractivity contribution in [3.63, 3.8) is 0 Å². The Kier molecular flexibility index (Phi) is 4.89. The monoisotopic (exact) mass is 378 g/mol. The highest BCUT2D eigenvalue weighted by molar-refractivity contribution is 8.01. The number of rotatable bonds is 4. The second-order valence-corrected chi connectivity index (χ2v) is 9.56. The van der Waals surface area contributed by atoms with E-state index in [1.54, 1.807) is 16.4 Å². The topological polar surface area (TPSA) is 56.7 Å². The average molecular weight is 379 g/mol. The quantitative estimate of drug-likeness (QED) is 0.459. The zero-order chi connectivity index (χ0) is 17.3. The first kappa shape index (κ1) is 17.3. The van der Waals surface area contributed by atoms with Crippen LogP contribution in [0.25, 0.3) is 5.69 Å². The number of nitrogens with zero attached hydrogens (tertiary/aromatic N) is 4. The molecule has 3 rings (SSSR count). The van der Waals surface area contributed by atoms with Crippen LogP contribution in [0, 0.1) is 3.95 Å². The van der Waals surface area contributed by atoms with Gasteiger partial charge in [-0.1, -0.05) is 67.2 Å². The summed E-state index contributed by atoms with van der Waals surface area (Å²) in [5.74, 6) is 1.32. The Hall–Kier alpha value is -1.51. The maximum Gasteiger partial charge on any atom is 0.239 e. The minimum atomic E-state index is -0.128. The van der Waals surface area contributed by atoms with E-state index >= 15 is 0 Å². The summed E-state index contributed by atoms with van der Waals surface area (Å²) in [6.07, 6.45) is 0. The predicted molar refractivity (Wildman–Crippen MR) is 99.5 cm³/mol. The fourth-order valence-corrected chi connectivity index (χ4v) is 4.48. The van der Waals surface area contributed by atoms with Crippen molar-refractivity contribution < 1.29 is 4.52 Å². The van der Waals surface area contributed by atoms with Gasteiger partial charge in [0.05, 0.1) is 10.9 Å². The third kappa shape index (κ3) is 3.76. The Labute approximate surface area is 154 Å². The van der Waals surface area contributed by atoms with Crippen molar-refractivity contribution in [2.75, 3.05) is 0 Å². The zero-order valence-corrected chi connectivity index (χ0v) is 16.3. The van der Waals surface area contributed by atoms with Crippen LogP contribution >= 0.6 is 35.3 Å². The van der Waals surface area contributed by atoms with Gasteiger partial charge in [0.2, 0.25) is 5.89 Å². The van der Waals surface area contributed by atoms with Gasteiger partial charge in [-0.25, -0.2) is 4.68 Å². The molecule has 0 N–H and O–H groups in total. The molecule has 5 nitrogen and oxygen atoms in total. The van der Waals surface area contributed by atoms with E-state index < -0.39 is 0 Å². The molecule has 0 aliphatic rings. The van der Waals surface area contributed by atoms with Crippen LogP contribution in [0.5, 0.6) is 0 Å². The summed E-state index contributed by atoms with van der Waals surface area (Å²) in [5, 5.41) is 8.70. The summed E-state index contributed by atoms with van der Waals surface area (Å²) in [4.78, 5) is 4.51. The third-order valence-corrected chi connectivity index (χ3v) is 5.67. The maximum atomic E-state index is 5.43. The lowest BCUT2D eigenvalue weighted by Crippen LogP contribution is -2.13. The molecular formula is C16H18N4OS3. The third-order valence-electron chi connectivity index (χ3n) is 3.27. The summed E-state index contributed by atoms with van der Waals surface area (Å²) in [7, 11) is 0. The van der Waals surface area contributed by atoms with Crippen LogP contribution in [0.1, 0.15) is 44.7 Å². The molecule has 0 aliphatic heterocycles. The second kappa shape index (κ2) is 6.78. The molecule has 0 radical (unpaired) electrons. The van der Waals surface area contributed by atoms with Crippen LogP contribution in [0.4, 0.5) is 0 Å². The molecule has 0 bridgehead atoms. The van der Waals surface area contributed by atoms with Gasteiger partial charge in [-0.3, -0.25) is 0 Å². The summed E-state index contributed by atoms with van der Waals surface area (Å²) < 4.78 is 8.79. The molecule has 3 aromatic rings. The standard InChI is InChI=1S/C16H18N4OS3/c1-10(12-17-13(19-21-12)16(2,3)4)23-14-18-20(15(22)24-14)11-8-6-5-7-9-11/h5-10H,1-4H3. The van der Waals surface area contributed by atoms with Crippen molar-refractivity contribution >= 4 is 35.3 Å². The predicted octanol–water partition coefficient (Wildman–Crippen LogP) is 5.20. The lowest BCUT2D eigenvalue weighted by atomic mass is 9.96. The van der Waals surface area contributed by atoms with Gasteiger partial charge in [-0.2, -0.15) is 4.98 Å². The van der Waals surface area contributed by atoms with Crippen LogP contribution in [0.2, 0.25) is 0 Å². The minimum absolute atomic E-state index is 0.0124. The number of hydrogen-bond acceptors (Lipinski definition) is 7. The van der Waals surface area contributed by atoms with Crippen molar-refractivity contribution in [3.8, 4) is 5.69 Å². The van der Waals surface area contributed by atoms with Crippen molar-refractivity contribution in [3.05, 3.63) is 46.0 Å². The zero-order valence-electron chi connectivity index (χ0n) is 13.9. The molecule has 0 saturated heterocycles. The first-order chi connectivity index (χ1) is 11.3. The molecule has 2 aromatic heterocycles. The molecule has 1 aromatic carbocycles. The first-order valence-electron chi connectivity index (χ1n) is 7.51. The van der Waals surface area contributed by atoms with Gasteiger partial charge in [0.15, 0.2) is 14.1 Å². The van der Waals surface area contributed by atoms with Crippen LogP contribution < -0.4 is 0 Å². The van der Waals surface area contributed by atoms with Crippen LogP contribution in [0.3, 0.4) is 0 Å². The summed E-state index contributed by atoms with van der Waals surface area (Å²) in [6.45, 7) is 8.22. The molecule has 0 amide bonds. The Morgan fingerprint density at radius 3 is 2.58 bits per heavy atom. The van der Waals surface area contributed by atoms with Crippen molar-refractivity contribution in [2.45, 2.75) is 42.7 Å². The lowest BCUT2D eigenvalue weighted by Gasteiger charge is -2.11. The summed E-state index contributed by atoms with van der Waals surface area (Å²) >= 11 is 8.49. The van der Waals surface area contributed by atoms with Gasteiger partial charge < -0.3 is 4.52 Å². The average Bonchev–Trinajstić information content (AvgIpc) is 3.15. The molecule has 1 unspecified atom stereocenters. The van der Waals surface area contributed by atoms with E-state index in [0.717, 1.165) is 14.0 Å². The Balaban J connectivity index is 1.79. The normalized spacial score (nSPS) is 13.2. The van der Waals surface area contributed by atoms with E-state index in [-0.39, 0.29) is 10.7 Å². The van der Waals surface area contributed by atoms with Crippen LogP contribution in [-0.4, -0.2) is 19.9 Å². The Morgan fingerprint density at radius 2 is 1.96 bits per heavy atom. The number of benzene rings is 1. The molecule has 0 fully saturated rings. The number of hydrogen-bond donors (Lipinski definition) is 0. The maximum absolute atomic E-state index is 5.43. The number of thioether (sulfide) groups is 1. The van der Waals surface area contributed by atoms with Gasteiger partial charge in [0.25, 0.3) is 0 Å². The van der Waals surface area contributed by atoms with Gasteiger partial charge in [0, 0.05) is 5.41 Å². The molecule has 0 spiro atoms. The fraction of sp³-hybridized carbons (Fsp3) is 0.375. The summed E-state index contributed by atoms with van der Waals surface area (Å²) in [6, 6.07) is 9.89. The van der Waals surface area contributed by atoms with Crippen molar-refractivity contribution in [2.24, 2.45) is 0 Å². The van der Waals surface area contributed by atoms with Gasteiger partial charge in [-0.05, 0) is 31.3 Å². The van der Waals surface area contributed by atoms with E-state index in [1.807, 2.05) is 37.3 Å². The molecule has 0 aliphatic carbocycles. The fourth-order valence-electron chi connectivity index (χ4n) is 1.95. The van der Waals surface area contributed by atoms with E-state index in [4.69, 9.17) is 16.7 Å². The summed E-state index contributed by atoms with van der Waals surface area (Å²) in [5.41, 5.74) is 0.836. The lowest BCUT2D eigenvalue weighted by molar-refractivity contribution is 0.364. The molecule has 0 saturated carbocycles. The highest BCUT2D eigenvalue weighted by atomic mass is 32.2. The highest BCUT2D eigenvalue weighted by Crippen LogP contribution is 2.36. The number of para-hydroxylation sites is 1. The van der Waals surface area contributed by atoms with Gasteiger partial charge >= 0.3 is 0 Å². The first-order valence-corrected chi connectivity index (χ1v) is 9.61. The number of aromatic nitrogens is 4. The van der Waals surface area contributed by atoms with Crippen molar-refractivity contribution in [1.29, 1.82) is 0 Å². The second-order valence-electron chi connectivity index (χ2n) is 6.35. The molecule has 1 atom stereocenters. The highest BCUT2D eigenvalue weighted by Gasteiger charge is 2.24. The van der Waals surface area contributed by atoms with Crippen LogP contribution in [0.15, 0.2) is 39.2 Å². The minimum Gasteiger partial charge on any atom is -0.338 e. The van der Waals surface area contributed by atoms with Crippen LogP contribution in [-0.2, 0) is 5.41 Å². The van der Waals surface area contributed by atoms with E-state index in [0.29, 0.717) is 11.7 Å². The van der Waals surface area contributed by atoms with Crippen molar-refractivity contribution in [1.82, 2.24) is 19.9 Å². The molecule has 24 heavy (non-hydrogen) atoms. The molecule has 8 heteroatoms. The largest absolute Gasteiger partial charge is 0.338 e. The SMILES string of the molecule is CC(Sc1nn(-c2ccccc2)c(=S)s1)c1nc(C(C)(C)C)no1. The van der Waals surface area contributed by atoms with E-state index in [1.165, 1.54) is 11.3 Å². The smallest absolute Gasteiger partial charge is 0.239 e.